The van der Waals surface area contributed by atoms with E-state index in [1.54, 1.807) is 6.07 Å². The minimum atomic E-state index is -0.251. The smallest absolute Gasteiger partial charge is 0.123 e. The van der Waals surface area contributed by atoms with Gasteiger partial charge in [0.2, 0.25) is 0 Å². The summed E-state index contributed by atoms with van der Waals surface area (Å²) in [5, 5.41) is 0.609. The van der Waals surface area contributed by atoms with Crippen LogP contribution in [0, 0.1) is 11.2 Å². The van der Waals surface area contributed by atoms with E-state index >= 15 is 0 Å². The highest BCUT2D eigenvalue weighted by Crippen LogP contribution is 2.58. The van der Waals surface area contributed by atoms with E-state index in [9.17, 15) is 4.39 Å². The minimum Gasteiger partial charge on any atom is -0.327 e. The molecule has 1 aliphatic rings. The molecule has 2 N–H and O–H groups in total. The zero-order valence-corrected chi connectivity index (χ0v) is 8.98. The molecule has 1 nitrogen and oxygen atoms in total. The van der Waals surface area contributed by atoms with Gasteiger partial charge in [0.25, 0.3) is 0 Å². The van der Waals surface area contributed by atoms with Gasteiger partial charge in [-0.1, -0.05) is 25.4 Å². The first-order valence-electron chi connectivity index (χ1n) is 4.65. The Labute approximate surface area is 88.1 Å². The van der Waals surface area contributed by atoms with Gasteiger partial charge in [-0.05, 0) is 29.2 Å². The average molecular weight is 214 g/mol. The van der Waals surface area contributed by atoms with Crippen LogP contribution in [0.15, 0.2) is 18.2 Å². The van der Waals surface area contributed by atoms with Crippen molar-refractivity contribution < 1.29 is 4.39 Å². The van der Waals surface area contributed by atoms with E-state index in [0.717, 1.165) is 5.56 Å². The molecule has 0 aliphatic heterocycles. The molecule has 0 aromatic heterocycles. The zero-order valence-electron chi connectivity index (χ0n) is 8.22. The van der Waals surface area contributed by atoms with Crippen LogP contribution in [0.3, 0.4) is 0 Å². The molecule has 76 valence electrons. The van der Waals surface area contributed by atoms with E-state index in [2.05, 4.69) is 13.8 Å². The minimum absolute atomic E-state index is 0.0391. The van der Waals surface area contributed by atoms with Crippen molar-refractivity contribution in [3.8, 4) is 0 Å². The number of nitrogens with two attached hydrogens (primary N) is 1. The van der Waals surface area contributed by atoms with Crippen molar-refractivity contribution in [3.63, 3.8) is 0 Å². The molecule has 0 heterocycles. The maximum atomic E-state index is 13.0. The Hall–Kier alpha value is -0.600. The molecule has 2 rings (SSSR count). The molecule has 1 saturated carbocycles. The molecule has 1 fully saturated rings. The molecule has 0 spiro atoms. The van der Waals surface area contributed by atoms with Gasteiger partial charge in [0.15, 0.2) is 0 Å². The van der Waals surface area contributed by atoms with Gasteiger partial charge in [0.1, 0.15) is 5.82 Å². The van der Waals surface area contributed by atoms with Crippen molar-refractivity contribution >= 4 is 11.6 Å². The van der Waals surface area contributed by atoms with E-state index in [-0.39, 0.29) is 23.2 Å². The maximum absolute atomic E-state index is 13.0. The van der Waals surface area contributed by atoms with E-state index in [0.29, 0.717) is 5.02 Å². The SMILES string of the molecule is CC1(C)C(N)C1c1cc(F)ccc1Cl. The first-order valence-corrected chi connectivity index (χ1v) is 5.03. The zero-order chi connectivity index (χ0) is 10.5. The summed E-state index contributed by atoms with van der Waals surface area (Å²) < 4.78 is 13.0. The van der Waals surface area contributed by atoms with Gasteiger partial charge in [-0.15, -0.1) is 0 Å². The molecule has 0 bridgehead atoms. The molecule has 3 heteroatoms. The highest BCUT2D eigenvalue weighted by molar-refractivity contribution is 6.31. The fourth-order valence-corrected chi connectivity index (χ4v) is 2.26. The summed E-state index contributed by atoms with van der Waals surface area (Å²) in [5.74, 6) is -0.0648. The van der Waals surface area contributed by atoms with E-state index in [1.807, 2.05) is 0 Å². The van der Waals surface area contributed by atoms with Crippen molar-refractivity contribution in [2.45, 2.75) is 25.8 Å². The topological polar surface area (TPSA) is 26.0 Å². The Morgan fingerprint density at radius 2 is 2.00 bits per heavy atom. The average Bonchev–Trinajstić information content (AvgIpc) is 2.58. The van der Waals surface area contributed by atoms with Crippen LogP contribution in [0.4, 0.5) is 4.39 Å². The Balaban J connectivity index is 2.39. The largest absolute Gasteiger partial charge is 0.327 e. The van der Waals surface area contributed by atoms with Gasteiger partial charge >= 0.3 is 0 Å². The van der Waals surface area contributed by atoms with Gasteiger partial charge in [0, 0.05) is 17.0 Å². The summed E-state index contributed by atoms with van der Waals surface area (Å²) in [6, 6.07) is 4.53. The van der Waals surface area contributed by atoms with Crippen LogP contribution in [0.25, 0.3) is 0 Å². The third-order valence-corrected chi connectivity index (χ3v) is 3.55. The van der Waals surface area contributed by atoms with Gasteiger partial charge < -0.3 is 5.73 Å². The Kier molecular flexibility index (Phi) is 2.09. The van der Waals surface area contributed by atoms with E-state index in [4.69, 9.17) is 17.3 Å². The summed E-state index contributed by atoms with van der Waals surface area (Å²) in [4.78, 5) is 0. The predicted molar refractivity (Wildman–Crippen MR) is 55.9 cm³/mol. The van der Waals surface area contributed by atoms with Crippen molar-refractivity contribution in [2.24, 2.45) is 11.1 Å². The normalized spacial score (nSPS) is 28.9. The standard InChI is InChI=1S/C11H13ClFN/c1-11(2)9(10(11)14)7-5-6(13)3-4-8(7)12/h3-5,9-10H,14H2,1-2H3. The molecule has 1 aliphatic carbocycles. The van der Waals surface area contributed by atoms with Crippen molar-refractivity contribution in [1.29, 1.82) is 0 Å². The first kappa shape index (κ1) is 9.94. The summed E-state index contributed by atoms with van der Waals surface area (Å²) in [6.45, 7) is 4.15. The fraction of sp³-hybridized carbons (Fsp3) is 0.455. The third kappa shape index (κ3) is 1.33. The van der Waals surface area contributed by atoms with Gasteiger partial charge in [-0.25, -0.2) is 4.39 Å². The monoisotopic (exact) mass is 213 g/mol. The number of benzene rings is 1. The number of halogens is 2. The van der Waals surface area contributed by atoms with Crippen molar-refractivity contribution in [2.75, 3.05) is 0 Å². The molecule has 1 aromatic rings. The van der Waals surface area contributed by atoms with Crippen LogP contribution in [-0.2, 0) is 0 Å². The summed E-state index contributed by atoms with van der Waals surface area (Å²) in [6.07, 6.45) is 0. The molecule has 2 atom stereocenters. The molecule has 0 amide bonds. The van der Waals surface area contributed by atoms with Crippen LogP contribution in [0.1, 0.15) is 25.3 Å². The third-order valence-electron chi connectivity index (χ3n) is 3.20. The van der Waals surface area contributed by atoms with Crippen molar-refractivity contribution in [1.82, 2.24) is 0 Å². The Morgan fingerprint density at radius 3 is 2.50 bits per heavy atom. The lowest BCUT2D eigenvalue weighted by molar-refractivity contribution is 0.594. The van der Waals surface area contributed by atoms with E-state index < -0.39 is 0 Å². The van der Waals surface area contributed by atoms with Crippen LogP contribution in [0.2, 0.25) is 5.02 Å². The molecule has 2 unspecified atom stereocenters. The number of rotatable bonds is 1. The summed E-state index contributed by atoms with van der Waals surface area (Å²) in [7, 11) is 0. The molecular formula is C11H13ClFN. The second kappa shape index (κ2) is 2.94. The fourth-order valence-electron chi connectivity index (χ4n) is 2.02. The second-order valence-electron chi connectivity index (χ2n) is 4.49. The van der Waals surface area contributed by atoms with Crippen LogP contribution >= 0.6 is 11.6 Å². The summed E-state index contributed by atoms with van der Waals surface area (Å²) in [5.41, 5.74) is 6.79. The lowest BCUT2D eigenvalue weighted by Crippen LogP contribution is -2.06. The highest BCUT2D eigenvalue weighted by Gasteiger charge is 2.56. The van der Waals surface area contributed by atoms with Crippen LogP contribution < -0.4 is 5.73 Å². The second-order valence-corrected chi connectivity index (χ2v) is 4.90. The number of hydrogen-bond donors (Lipinski definition) is 1. The highest BCUT2D eigenvalue weighted by atomic mass is 35.5. The molecular weight excluding hydrogens is 201 g/mol. The Morgan fingerprint density at radius 1 is 1.43 bits per heavy atom. The predicted octanol–water partition coefficient (Wildman–Crippen LogP) is 2.93. The van der Waals surface area contributed by atoms with E-state index in [1.165, 1.54) is 12.1 Å². The lowest BCUT2D eigenvalue weighted by Gasteiger charge is -2.05. The molecule has 14 heavy (non-hydrogen) atoms. The summed E-state index contributed by atoms with van der Waals surface area (Å²) >= 11 is 6.00. The van der Waals surface area contributed by atoms with Gasteiger partial charge in [-0.3, -0.25) is 0 Å². The number of hydrogen-bond acceptors (Lipinski definition) is 1. The molecule has 0 radical (unpaired) electrons. The quantitative estimate of drug-likeness (QED) is 0.763. The molecule has 0 saturated heterocycles. The van der Waals surface area contributed by atoms with Gasteiger partial charge in [-0.2, -0.15) is 0 Å². The van der Waals surface area contributed by atoms with Crippen LogP contribution in [0.5, 0.6) is 0 Å². The van der Waals surface area contributed by atoms with Crippen molar-refractivity contribution in [3.05, 3.63) is 34.6 Å². The maximum Gasteiger partial charge on any atom is 0.123 e. The molecule has 1 aromatic carbocycles. The first-order chi connectivity index (χ1) is 6.44. The lowest BCUT2D eigenvalue weighted by atomic mass is 10.0. The van der Waals surface area contributed by atoms with Gasteiger partial charge in [0.05, 0.1) is 0 Å². The van der Waals surface area contributed by atoms with Crippen LogP contribution in [-0.4, -0.2) is 6.04 Å². The Bertz CT molecular complexity index is 376.